The van der Waals surface area contributed by atoms with Crippen LogP contribution in [0.1, 0.15) is 35.1 Å². The standard InChI is InChI=1S/C26H27N.ClH/c1-19-7-9-20(10-8-19)18-26-15-16-27-25(26)14-12-23-17-22(11-13-24(23)26)21-5-3-2-4-6-21;/h2-11,13,17,25,27H,12,14-16,18H2,1H3;1H. The number of fused-ring (bicyclic) bond motifs is 3. The molecule has 1 N–H and O–H groups in total. The van der Waals surface area contributed by atoms with Gasteiger partial charge in [0.15, 0.2) is 0 Å². The number of hydrogen-bond acceptors (Lipinski definition) is 1. The molecule has 1 aliphatic heterocycles. The molecule has 5 rings (SSSR count). The highest BCUT2D eigenvalue weighted by Crippen LogP contribution is 2.46. The Hall–Kier alpha value is -2.09. The molecule has 1 fully saturated rings. The predicted octanol–water partition coefficient (Wildman–Crippen LogP) is 5.87. The van der Waals surface area contributed by atoms with Crippen molar-refractivity contribution in [2.75, 3.05) is 6.54 Å². The monoisotopic (exact) mass is 389 g/mol. The maximum atomic E-state index is 3.82. The van der Waals surface area contributed by atoms with Crippen molar-refractivity contribution in [3.63, 3.8) is 0 Å². The lowest BCUT2D eigenvalue weighted by Crippen LogP contribution is -2.45. The molecular weight excluding hydrogens is 362 g/mol. The van der Waals surface area contributed by atoms with Gasteiger partial charge in [-0.2, -0.15) is 0 Å². The topological polar surface area (TPSA) is 12.0 Å². The van der Waals surface area contributed by atoms with E-state index in [2.05, 4.69) is 85.0 Å². The molecular formula is C26H28ClN. The molecule has 0 aromatic heterocycles. The molecule has 144 valence electrons. The van der Waals surface area contributed by atoms with Crippen LogP contribution in [-0.4, -0.2) is 12.6 Å². The molecule has 0 spiro atoms. The molecule has 0 saturated carbocycles. The van der Waals surface area contributed by atoms with Crippen LogP contribution in [0.5, 0.6) is 0 Å². The van der Waals surface area contributed by atoms with Crippen molar-refractivity contribution in [3.05, 3.63) is 95.1 Å². The minimum absolute atomic E-state index is 0. The van der Waals surface area contributed by atoms with Crippen molar-refractivity contribution in [1.29, 1.82) is 0 Å². The molecule has 0 bridgehead atoms. The number of nitrogens with one attached hydrogen (secondary N) is 1. The fraction of sp³-hybridized carbons (Fsp3) is 0.308. The number of rotatable bonds is 3. The summed E-state index contributed by atoms with van der Waals surface area (Å²) in [6, 6.07) is 27.8. The highest BCUT2D eigenvalue weighted by atomic mass is 35.5. The lowest BCUT2D eigenvalue weighted by Gasteiger charge is -2.41. The fourth-order valence-corrected chi connectivity index (χ4v) is 5.31. The normalized spacial score (nSPS) is 22.8. The zero-order valence-electron chi connectivity index (χ0n) is 16.4. The van der Waals surface area contributed by atoms with Gasteiger partial charge in [0.25, 0.3) is 0 Å². The maximum absolute atomic E-state index is 3.82. The quantitative estimate of drug-likeness (QED) is 0.590. The highest BCUT2D eigenvalue weighted by Gasteiger charge is 2.47. The molecule has 2 atom stereocenters. The van der Waals surface area contributed by atoms with Gasteiger partial charge in [-0.15, -0.1) is 12.4 Å². The molecule has 1 saturated heterocycles. The van der Waals surface area contributed by atoms with Gasteiger partial charge < -0.3 is 5.32 Å². The zero-order chi connectivity index (χ0) is 18.3. The SMILES string of the molecule is Cc1ccc(CC23CCNC2CCc2cc(-c4ccccc4)ccc23)cc1.Cl. The van der Waals surface area contributed by atoms with Crippen molar-refractivity contribution in [2.24, 2.45) is 0 Å². The lowest BCUT2D eigenvalue weighted by molar-refractivity contribution is 0.326. The van der Waals surface area contributed by atoms with Crippen LogP contribution < -0.4 is 5.32 Å². The van der Waals surface area contributed by atoms with Crippen molar-refractivity contribution < 1.29 is 0 Å². The van der Waals surface area contributed by atoms with Gasteiger partial charge in [0.1, 0.15) is 0 Å². The van der Waals surface area contributed by atoms with Gasteiger partial charge in [-0.1, -0.05) is 78.4 Å². The molecule has 1 heterocycles. The number of halogens is 1. The Bertz CT molecular complexity index is 948. The van der Waals surface area contributed by atoms with Gasteiger partial charge >= 0.3 is 0 Å². The summed E-state index contributed by atoms with van der Waals surface area (Å²) in [4.78, 5) is 0. The van der Waals surface area contributed by atoms with E-state index in [1.807, 2.05) is 0 Å². The van der Waals surface area contributed by atoms with Crippen molar-refractivity contribution >= 4 is 12.4 Å². The van der Waals surface area contributed by atoms with Crippen LogP contribution in [0.3, 0.4) is 0 Å². The molecule has 2 unspecified atom stereocenters. The van der Waals surface area contributed by atoms with Crippen LogP contribution in [0.15, 0.2) is 72.8 Å². The van der Waals surface area contributed by atoms with Crippen LogP contribution in [-0.2, 0) is 18.3 Å². The molecule has 0 radical (unpaired) electrons. The lowest BCUT2D eigenvalue weighted by atomic mass is 9.64. The van der Waals surface area contributed by atoms with E-state index < -0.39 is 0 Å². The first-order chi connectivity index (χ1) is 13.2. The summed E-state index contributed by atoms with van der Waals surface area (Å²) in [6.45, 7) is 3.30. The van der Waals surface area contributed by atoms with Gasteiger partial charge in [0.2, 0.25) is 0 Å². The largest absolute Gasteiger partial charge is 0.313 e. The van der Waals surface area contributed by atoms with Crippen molar-refractivity contribution in [3.8, 4) is 11.1 Å². The van der Waals surface area contributed by atoms with Crippen molar-refractivity contribution in [2.45, 2.75) is 44.1 Å². The predicted molar refractivity (Wildman–Crippen MR) is 120 cm³/mol. The average Bonchev–Trinajstić information content (AvgIpc) is 3.14. The van der Waals surface area contributed by atoms with Gasteiger partial charge in [0.05, 0.1) is 0 Å². The van der Waals surface area contributed by atoms with E-state index in [4.69, 9.17) is 0 Å². The summed E-state index contributed by atoms with van der Waals surface area (Å²) in [7, 11) is 0. The van der Waals surface area contributed by atoms with Crippen molar-refractivity contribution in [1.82, 2.24) is 5.32 Å². The van der Waals surface area contributed by atoms with Crippen LogP contribution in [0.4, 0.5) is 0 Å². The Labute approximate surface area is 174 Å². The second-order valence-electron chi connectivity index (χ2n) is 8.35. The third-order valence-electron chi connectivity index (χ3n) is 6.72. The number of hydrogen-bond donors (Lipinski definition) is 1. The van der Waals surface area contributed by atoms with Gasteiger partial charge in [-0.05, 0) is 67.0 Å². The summed E-state index contributed by atoms with van der Waals surface area (Å²) in [5.41, 5.74) is 8.87. The van der Waals surface area contributed by atoms with Gasteiger partial charge in [0, 0.05) is 11.5 Å². The summed E-state index contributed by atoms with van der Waals surface area (Å²) >= 11 is 0. The zero-order valence-corrected chi connectivity index (χ0v) is 17.3. The summed E-state index contributed by atoms with van der Waals surface area (Å²) in [5, 5.41) is 3.82. The average molecular weight is 390 g/mol. The first-order valence-electron chi connectivity index (χ1n) is 10.2. The Kier molecular flexibility index (Phi) is 5.31. The molecule has 0 amide bonds. The van der Waals surface area contributed by atoms with E-state index in [-0.39, 0.29) is 17.8 Å². The van der Waals surface area contributed by atoms with E-state index in [1.54, 1.807) is 11.1 Å². The third kappa shape index (κ3) is 3.27. The summed E-state index contributed by atoms with van der Waals surface area (Å²) in [6.07, 6.45) is 4.81. The van der Waals surface area contributed by atoms with Gasteiger partial charge in [-0.25, -0.2) is 0 Å². The smallest absolute Gasteiger partial charge is 0.0171 e. The van der Waals surface area contributed by atoms with E-state index in [9.17, 15) is 0 Å². The maximum Gasteiger partial charge on any atom is 0.0171 e. The summed E-state index contributed by atoms with van der Waals surface area (Å²) in [5.74, 6) is 0. The Balaban J connectivity index is 0.00000192. The second-order valence-corrected chi connectivity index (χ2v) is 8.35. The summed E-state index contributed by atoms with van der Waals surface area (Å²) < 4.78 is 0. The molecule has 2 heteroatoms. The van der Waals surface area contributed by atoms with Gasteiger partial charge in [-0.3, -0.25) is 0 Å². The van der Waals surface area contributed by atoms with E-state index in [0.717, 1.165) is 13.0 Å². The Morgan fingerprint density at radius 1 is 0.929 bits per heavy atom. The van der Waals surface area contributed by atoms with Crippen LogP contribution in [0.2, 0.25) is 0 Å². The molecule has 3 aromatic rings. The molecule has 1 nitrogen and oxygen atoms in total. The number of aryl methyl sites for hydroxylation is 2. The number of benzene rings is 3. The first kappa shape index (κ1) is 19.2. The third-order valence-corrected chi connectivity index (χ3v) is 6.72. The molecule has 3 aromatic carbocycles. The Morgan fingerprint density at radius 2 is 1.71 bits per heavy atom. The van der Waals surface area contributed by atoms with Crippen LogP contribution in [0, 0.1) is 6.92 Å². The first-order valence-corrected chi connectivity index (χ1v) is 10.2. The minimum atomic E-state index is 0. The van der Waals surface area contributed by atoms with E-state index in [0.29, 0.717) is 6.04 Å². The van der Waals surface area contributed by atoms with E-state index >= 15 is 0 Å². The molecule has 2 aliphatic rings. The molecule has 28 heavy (non-hydrogen) atoms. The van der Waals surface area contributed by atoms with E-state index in [1.165, 1.54) is 41.5 Å². The van der Waals surface area contributed by atoms with Crippen LogP contribution >= 0.6 is 12.4 Å². The minimum Gasteiger partial charge on any atom is -0.313 e. The molecule has 1 aliphatic carbocycles. The Morgan fingerprint density at radius 3 is 2.50 bits per heavy atom. The second kappa shape index (κ2) is 7.73. The van der Waals surface area contributed by atoms with Crippen LogP contribution in [0.25, 0.3) is 11.1 Å². The fourth-order valence-electron chi connectivity index (χ4n) is 5.31. The highest BCUT2D eigenvalue weighted by molar-refractivity contribution is 5.85.